The standard InChI is InChI=1S/C19H26N2O4/c1-2-15-5-7-16(8-6-15)25-14-18(22)20-9-11-21(12-10-20)19(23)17-4-3-13-24-17/h5-8,17H,2-4,9-14H2,1H3. The van der Waals surface area contributed by atoms with Crippen LogP contribution in [0.4, 0.5) is 0 Å². The van der Waals surface area contributed by atoms with Crippen LogP contribution in [0.15, 0.2) is 24.3 Å². The third-order valence-electron chi connectivity index (χ3n) is 4.84. The van der Waals surface area contributed by atoms with Crippen molar-refractivity contribution in [2.75, 3.05) is 39.4 Å². The van der Waals surface area contributed by atoms with Gasteiger partial charge in [0.1, 0.15) is 11.9 Å². The largest absolute Gasteiger partial charge is 0.484 e. The maximum absolute atomic E-state index is 12.3. The Bertz CT molecular complexity index is 588. The molecule has 1 atom stereocenters. The highest BCUT2D eigenvalue weighted by molar-refractivity contribution is 5.82. The van der Waals surface area contributed by atoms with E-state index in [2.05, 4.69) is 6.92 Å². The summed E-state index contributed by atoms with van der Waals surface area (Å²) >= 11 is 0. The topological polar surface area (TPSA) is 59.1 Å². The molecule has 0 saturated carbocycles. The molecule has 25 heavy (non-hydrogen) atoms. The molecule has 136 valence electrons. The molecule has 0 aromatic heterocycles. The number of amides is 2. The maximum atomic E-state index is 12.3. The summed E-state index contributed by atoms with van der Waals surface area (Å²) in [5, 5.41) is 0. The molecule has 6 nitrogen and oxygen atoms in total. The number of rotatable bonds is 5. The Morgan fingerprint density at radius 1 is 1.12 bits per heavy atom. The number of carbonyl (C=O) groups is 2. The highest BCUT2D eigenvalue weighted by Gasteiger charge is 2.31. The minimum atomic E-state index is -0.281. The molecule has 0 aliphatic carbocycles. The van der Waals surface area contributed by atoms with Crippen molar-refractivity contribution in [2.45, 2.75) is 32.3 Å². The summed E-state index contributed by atoms with van der Waals surface area (Å²) < 4.78 is 11.0. The summed E-state index contributed by atoms with van der Waals surface area (Å²) in [7, 11) is 0. The monoisotopic (exact) mass is 346 g/mol. The van der Waals surface area contributed by atoms with Crippen molar-refractivity contribution in [3.63, 3.8) is 0 Å². The van der Waals surface area contributed by atoms with Gasteiger partial charge in [-0.1, -0.05) is 19.1 Å². The van der Waals surface area contributed by atoms with E-state index in [1.54, 1.807) is 4.90 Å². The number of carbonyl (C=O) groups excluding carboxylic acids is 2. The number of piperazine rings is 1. The van der Waals surface area contributed by atoms with Crippen LogP contribution >= 0.6 is 0 Å². The van der Waals surface area contributed by atoms with Gasteiger partial charge in [0.15, 0.2) is 6.61 Å². The molecular weight excluding hydrogens is 320 g/mol. The molecule has 6 heteroatoms. The van der Waals surface area contributed by atoms with Gasteiger partial charge in [-0.2, -0.15) is 0 Å². The Kier molecular flexibility index (Phi) is 5.91. The fourth-order valence-corrected chi connectivity index (χ4v) is 3.21. The van der Waals surface area contributed by atoms with Crippen LogP contribution < -0.4 is 4.74 Å². The van der Waals surface area contributed by atoms with E-state index in [0.29, 0.717) is 38.5 Å². The minimum absolute atomic E-state index is 0.0329. The molecule has 2 fully saturated rings. The zero-order chi connectivity index (χ0) is 17.6. The molecule has 1 aromatic rings. The van der Waals surface area contributed by atoms with Crippen molar-refractivity contribution in [1.82, 2.24) is 9.80 Å². The Labute approximate surface area is 148 Å². The predicted molar refractivity (Wildman–Crippen MR) is 93.4 cm³/mol. The predicted octanol–water partition coefficient (Wildman–Crippen LogP) is 1.48. The quantitative estimate of drug-likeness (QED) is 0.810. The first-order valence-electron chi connectivity index (χ1n) is 9.07. The van der Waals surface area contributed by atoms with Crippen LogP contribution in [0.3, 0.4) is 0 Å². The van der Waals surface area contributed by atoms with Gasteiger partial charge in [0.25, 0.3) is 11.8 Å². The number of aryl methyl sites for hydroxylation is 1. The van der Waals surface area contributed by atoms with Gasteiger partial charge in [-0.25, -0.2) is 0 Å². The average molecular weight is 346 g/mol. The molecule has 1 unspecified atom stereocenters. The van der Waals surface area contributed by atoms with Crippen molar-refractivity contribution in [3.05, 3.63) is 29.8 Å². The highest BCUT2D eigenvalue weighted by atomic mass is 16.5. The lowest BCUT2D eigenvalue weighted by molar-refractivity contribution is -0.146. The fourth-order valence-electron chi connectivity index (χ4n) is 3.21. The van der Waals surface area contributed by atoms with E-state index in [1.807, 2.05) is 29.2 Å². The molecule has 0 N–H and O–H groups in total. The Morgan fingerprint density at radius 3 is 2.40 bits per heavy atom. The molecule has 2 amide bonds. The molecule has 2 aliphatic heterocycles. The molecule has 3 rings (SSSR count). The molecule has 1 aromatic carbocycles. The van der Waals surface area contributed by atoms with Crippen LogP contribution in [0, 0.1) is 0 Å². The van der Waals surface area contributed by atoms with Gasteiger partial charge in [-0.05, 0) is 37.0 Å². The zero-order valence-corrected chi connectivity index (χ0v) is 14.8. The lowest BCUT2D eigenvalue weighted by Crippen LogP contribution is -2.53. The first-order chi connectivity index (χ1) is 12.2. The zero-order valence-electron chi connectivity index (χ0n) is 14.8. The molecule has 0 spiro atoms. The normalized spacial score (nSPS) is 20.6. The third kappa shape index (κ3) is 4.51. The van der Waals surface area contributed by atoms with Gasteiger partial charge in [0.2, 0.25) is 0 Å². The van der Waals surface area contributed by atoms with E-state index in [0.717, 1.165) is 19.3 Å². The van der Waals surface area contributed by atoms with Crippen LogP contribution in [0.5, 0.6) is 5.75 Å². The molecule has 2 saturated heterocycles. The van der Waals surface area contributed by atoms with E-state index in [-0.39, 0.29) is 24.5 Å². The van der Waals surface area contributed by atoms with Gasteiger partial charge in [-0.15, -0.1) is 0 Å². The fraction of sp³-hybridized carbons (Fsp3) is 0.579. The second kappa shape index (κ2) is 8.34. The highest BCUT2D eigenvalue weighted by Crippen LogP contribution is 2.16. The minimum Gasteiger partial charge on any atom is -0.484 e. The summed E-state index contributed by atoms with van der Waals surface area (Å²) in [6, 6.07) is 7.80. The van der Waals surface area contributed by atoms with Crippen LogP contribution in [0.2, 0.25) is 0 Å². The molecule has 0 bridgehead atoms. The van der Waals surface area contributed by atoms with Crippen molar-refractivity contribution in [3.8, 4) is 5.75 Å². The second-order valence-corrected chi connectivity index (χ2v) is 6.49. The summed E-state index contributed by atoms with van der Waals surface area (Å²) in [5.74, 6) is 0.735. The van der Waals surface area contributed by atoms with E-state index < -0.39 is 0 Å². The van der Waals surface area contributed by atoms with E-state index in [1.165, 1.54) is 5.56 Å². The molecule has 2 heterocycles. The lowest BCUT2D eigenvalue weighted by Gasteiger charge is -2.35. The van der Waals surface area contributed by atoms with E-state index in [9.17, 15) is 9.59 Å². The van der Waals surface area contributed by atoms with E-state index >= 15 is 0 Å². The Hall–Kier alpha value is -2.08. The van der Waals surface area contributed by atoms with Crippen molar-refractivity contribution < 1.29 is 19.1 Å². The van der Waals surface area contributed by atoms with Crippen molar-refractivity contribution >= 4 is 11.8 Å². The van der Waals surface area contributed by atoms with Crippen LogP contribution in [0.25, 0.3) is 0 Å². The number of hydrogen-bond acceptors (Lipinski definition) is 4. The SMILES string of the molecule is CCc1ccc(OCC(=O)N2CCN(C(=O)C3CCCO3)CC2)cc1. The van der Waals surface area contributed by atoms with Crippen molar-refractivity contribution in [2.24, 2.45) is 0 Å². The van der Waals surface area contributed by atoms with Crippen molar-refractivity contribution in [1.29, 1.82) is 0 Å². The third-order valence-corrected chi connectivity index (χ3v) is 4.84. The van der Waals surface area contributed by atoms with E-state index in [4.69, 9.17) is 9.47 Å². The Morgan fingerprint density at radius 2 is 1.80 bits per heavy atom. The number of ether oxygens (including phenoxy) is 2. The first-order valence-corrected chi connectivity index (χ1v) is 9.07. The first kappa shape index (κ1) is 17.7. The van der Waals surface area contributed by atoms with Crippen LogP contribution in [-0.4, -0.2) is 67.1 Å². The molecule has 2 aliphatic rings. The van der Waals surface area contributed by atoms with Crippen LogP contribution in [-0.2, 0) is 20.7 Å². The number of hydrogen-bond donors (Lipinski definition) is 0. The number of benzene rings is 1. The van der Waals surface area contributed by atoms with Gasteiger partial charge in [0.05, 0.1) is 0 Å². The van der Waals surface area contributed by atoms with Gasteiger partial charge in [-0.3, -0.25) is 9.59 Å². The second-order valence-electron chi connectivity index (χ2n) is 6.49. The maximum Gasteiger partial charge on any atom is 0.260 e. The molecule has 0 radical (unpaired) electrons. The number of nitrogens with zero attached hydrogens (tertiary/aromatic N) is 2. The lowest BCUT2D eigenvalue weighted by atomic mass is 10.2. The Balaban J connectivity index is 1.42. The smallest absolute Gasteiger partial charge is 0.260 e. The van der Waals surface area contributed by atoms with Crippen LogP contribution in [0.1, 0.15) is 25.3 Å². The summed E-state index contributed by atoms with van der Waals surface area (Å²) in [6.07, 6.45) is 2.46. The van der Waals surface area contributed by atoms with Gasteiger partial charge in [0, 0.05) is 32.8 Å². The average Bonchev–Trinajstić information content (AvgIpc) is 3.21. The molecular formula is C19H26N2O4. The van der Waals surface area contributed by atoms with Gasteiger partial charge >= 0.3 is 0 Å². The summed E-state index contributed by atoms with van der Waals surface area (Å²) in [5.41, 5.74) is 1.24. The summed E-state index contributed by atoms with van der Waals surface area (Å²) in [4.78, 5) is 28.2. The van der Waals surface area contributed by atoms with Gasteiger partial charge < -0.3 is 19.3 Å². The summed E-state index contributed by atoms with van der Waals surface area (Å²) in [6.45, 7) is 5.04.